The molecule has 2 N–H and O–H groups in total. The number of nitrogens with one attached hydrogen (secondary N) is 2. The van der Waals surface area contributed by atoms with E-state index in [2.05, 4.69) is 10.6 Å². The normalized spacial score (nSPS) is 10.1. The van der Waals surface area contributed by atoms with Gasteiger partial charge >= 0.3 is 0 Å². The quantitative estimate of drug-likeness (QED) is 0.890. The topological polar surface area (TPSA) is 58.2 Å². The van der Waals surface area contributed by atoms with E-state index in [-0.39, 0.29) is 11.5 Å². The molecule has 0 heterocycles. The Morgan fingerprint density at radius 2 is 1.59 bits per heavy atom. The number of benzene rings is 2. The highest BCUT2D eigenvalue weighted by Gasteiger charge is 2.15. The van der Waals surface area contributed by atoms with Gasteiger partial charge in [-0.25, -0.2) is 4.39 Å². The summed E-state index contributed by atoms with van der Waals surface area (Å²) in [6.45, 7) is 2.50. The van der Waals surface area contributed by atoms with Crippen LogP contribution in [0.4, 0.5) is 10.1 Å². The minimum absolute atomic E-state index is 0.0636. The average Bonchev–Trinajstić information content (AvgIpc) is 2.53. The molecule has 0 aliphatic heterocycles. The molecule has 0 aliphatic rings. The highest BCUT2D eigenvalue weighted by molar-refractivity contribution is 6.09. The Hall–Kier alpha value is -2.69. The van der Waals surface area contributed by atoms with Gasteiger partial charge in [0.05, 0.1) is 16.8 Å². The second-order valence-corrected chi connectivity index (χ2v) is 4.74. The molecule has 2 amide bonds. The fraction of sp³-hybridized carbons (Fsp3) is 0.176. The Bertz CT molecular complexity index is 686. The maximum atomic E-state index is 13.6. The van der Waals surface area contributed by atoms with Crippen molar-refractivity contribution in [1.82, 2.24) is 5.32 Å². The molecule has 0 bridgehead atoms. The largest absolute Gasteiger partial charge is 0.352 e. The van der Waals surface area contributed by atoms with Crippen molar-refractivity contribution in [2.45, 2.75) is 13.3 Å². The van der Waals surface area contributed by atoms with Crippen LogP contribution in [0.15, 0.2) is 48.5 Å². The van der Waals surface area contributed by atoms with Crippen LogP contribution in [-0.2, 0) is 0 Å². The molecule has 0 atom stereocenters. The zero-order valence-electron chi connectivity index (χ0n) is 12.2. The number of anilines is 1. The van der Waals surface area contributed by atoms with Crippen LogP contribution in [0, 0.1) is 5.82 Å². The van der Waals surface area contributed by atoms with E-state index in [0.29, 0.717) is 17.8 Å². The van der Waals surface area contributed by atoms with Crippen molar-refractivity contribution in [3.63, 3.8) is 0 Å². The first-order chi connectivity index (χ1) is 10.6. The number of para-hydroxylation sites is 1. The average molecular weight is 300 g/mol. The van der Waals surface area contributed by atoms with Gasteiger partial charge in [0.2, 0.25) is 0 Å². The first-order valence-corrected chi connectivity index (χ1v) is 7.06. The molecule has 0 aliphatic carbocycles. The molecule has 0 fully saturated rings. The van der Waals surface area contributed by atoms with E-state index in [0.717, 1.165) is 6.42 Å². The summed E-state index contributed by atoms with van der Waals surface area (Å²) in [5.41, 5.74) is 0.635. The summed E-state index contributed by atoms with van der Waals surface area (Å²) in [5, 5.41) is 5.33. The summed E-state index contributed by atoms with van der Waals surface area (Å²) >= 11 is 0. The third-order valence-corrected chi connectivity index (χ3v) is 3.07. The summed E-state index contributed by atoms with van der Waals surface area (Å²) in [4.78, 5) is 24.2. The molecule has 0 unspecified atom stereocenters. The second-order valence-electron chi connectivity index (χ2n) is 4.74. The van der Waals surface area contributed by atoms with Crippen molar-refractivity contribution in [3.8, 4) is 0 Å². The van der Waals surface area contributed by atoms with Crippen LogP contribution < -0.4 is 10.6 Å². The van der Waals surface area contributed by atoms with Crippen LogP contribution in [0.5, 0.6) is 0 Å². The van der Waals surface area contributed by atoms with Crippen LogP contribution in [0.25, 0.3) is 0 Å². The maximum Gasteiger partial charge on any atom is 0.258 e. The smallest absolute Gasteiger partial charge is 0.258 e. The molecule has 22 heavy (non-hydrogen) atoms. The lowest BCUT2D eigenvalue weighted by Crippen LogP contribution is -2.26. The fourth-order valence-corrected chi connectivity index (χ4v) is 1.96. The molecule has 5 heteroatoms. The number of hydrogen-bond donors (Lipinski definition) is 2. The Labute approximate surface area is 128 Å². The molecule has 2 rings (SSSR count). The SMILES string of the molecule is CCCNC(=O)c1ccccc1NC(=O)c1ccccc1F. The Morgan fingerprint density at radius 3 is 2.27 bits per heavy atom. The molecule has 0 radical (unpaired) electrons. The molecule has 0 saturated heterocycles. The molecular weight excluding hydrogens is 283 g/mol. The van der Waals surface area contributed by atoms with E-state index in [1.165, 1.54) is 18.2 Å². The molecule has 2 aromatic carbocycles. The summed E-state index contributed by atoms with van der Waals surface area (Å²) in [5.74, 6) is -1.46. The van der Waals surface area contributed by atoms with Crippen molar-refractivity contribution in [2.24, 2.45) is 0 Å². The predicted octanol–water partition coefficient (Wildman–Crippen LogP) is 3.22. The van der Waals surface area contributed by atoms with Gasteiger partial charge in [-0.2, -0.15) is 0 Å². The number of amides is 2. The monoisotopic (exact) mass is 300 g/mol. The third kappa shape index (κ3) is 3.69. The van der Waals surface area contributed by atoms with Crippen molar-refractivity contribution in [3.05, 3.63) is 65.5 Å². The second kappa shape index (κ2) is 7.36. The molecule has 0 aromatic heterocycles. The molecule has 0 saturated carbocycles. The fourth-order valence-electron chi connectivity index (χ4n) is 1.96. The number of hydrogen-bond acceptors (Lipinski definition) is 2. The number of carbonyl (C=O) groups excluding carboxylic acids is 2. The zero-order chi connectivity index (χ0) is 15.9. The third-order valence-electron chi connectivity index (χ3n) is 3.07. The van der Waals surface area contributed by atoms with E-state index in [1.54, 1.807) is 30.3 Å². The molecular formula is C17H17FN2O2. The molecule has 2 aromatic rings. The van der Waals surface area contributed by atoms with Gasteiger partial charge < -0.3 is 10.6 Å². The van der Waals surface area contributed by atoms with E-state index < -0.39 is 11.7 Å². The van der Waals surface area contributed by atoms with E-state index in [1.807, 2.05) is 6.92 Å². The van der Waals surface area contributed by atoms with Crippen LogP contribution in [0.2, 0.25) is 0 Å². The van der Waals surface area contributed by atoms with Gasteiger partial charge in [-0.1, -0.05) is 31.2 Å². The van der Waals surface area contributed by atoms with Gasteiger partial charge in [-0.15, -0.1) is 0 Å². The van der Waals surface area contributed by atoms with E-state index in [9.17, 15) is 14.0 Å². The number of rotatable bonds is 5. The maximum absolute atomic E-state index is 13.6. The van der Waals surface area contributed by atoms with Gasteiger partial charge in [-0.05, 0) is 30.7 Å². The lowest BCUT2D eigenvalue weighted by Gasteiger charge is -2.11. The van der Waals surface area contributed by atoms with Gasteiger partial charge in [0.1, 0.15) is 5.82 Å². The first kappa shape index (κ1) is 15.7. The van der Waals surface area contributed by atoms with Crippen LogP contribution >= 0.6 is 0 Å². The summed E-state index contributed by atoms with van der Waals surface area (Å²) < 4.78 is 13.6. The zero-order valence-corrected chi connectivity index (χ0v) is 12.2. The lowest BCUT2D eigenvalue weighted by atomic mass is 10.1. The summed E-state index contributed by atoms with van der Waals surface area (Å²) in [6.07, 6.45) is 0.815. The Kier molecular flexibility index (Phi) is 5.25. The van der Waals surface area contributed by atoms with Crippen molar-refractivity contribution in [1.29, 1.82) is 0 Å². The number of halogens is 1. The van der Waals surface area contributed by atoms with Gasteiger partial charge in [0.25, 0.3) is 11.8 Å². The standard InChI is InChI=1S/C17H17FN2O2/c1-2-11-19-16(21)13-8-4-6-10-15(13)20-17(22)12-7-3-5-9-14(12)18/h3-10H,2,11H2,1H3,(H,19,21)(H,20,22). The molecule has 4 nitrogen and oxygen atoms in total. The summed E-state index contributed by atoms with van der Waals surface area (Å²) in [7, 11) is 0. The van der Waals surface area contributed by atoms with Crippen molar-refractivity contribution >= 4 is 17.5 Å². The van der Waals surface area contributed by atoms with Crippen LogP contribution in [0.3, 0.4) is 0 Å². The molecule has 0 spiro atoms. The first-order valence-electron chi connectivity index (χ1n) is 7.06. The highest BCUT2D eigenvalue weighted by Crippen LogP contribution is 2.17. The predicted molar refractivity (Wildman–Crippen MR) is 83.4 cm³/mol. The van der Waals surface area contributed by atoms with Crippen molar-refractivity contribution < 1.29 is 14.0 Å². The van der Waals surface area contributed by atoms with Gasteiger partial charge in [0, 0.05) is 6.54 Å². The highest BCUT2D eigenvalue weighted by atomic mass is 19.1. The minimum atomic E-state index is -0.604. The van der Waals surface area contributed by atoms with Crippen molar-refractivity contribution in [2.75, 3.05) is 11.9 Å². The lowest BCUT2D eigenvalue weighted by molar-refractivity contribution is 0.0954. The van der Waals surface area contributed by atoms with E-state index in [4.69, 9.17) is 0 Å². The molecule has 114 valence electrons. The minimum Gasteiger partial charge on any atom is -0.352 e. The Morgan fingerprint density at radius 1 is 0.955 bits per heavy atom. The number of carbonyl (C=O) groups is 2. The summed E-state index contributed by atoms with van der Waals surface area (Å²) in [6, 6.07) is 12.3. The van der Waals surface area contributed by atoms with Crippen LogP contribution in [-0.4, -0.2) is 18.4 Å². The van der Waals surface area contributed by atoms with E-state index >= 15 is 0 Å². The van der Waals surface area contributed by atoms with Gasteiger partial charge in [0.15, 0.2) is 0 Å². The van der Waals surface area contributed by atoms with Gasteiger partial charge in [-0.3, -0.25) is 9.59 Å². The Balaban J connectivity index is 2.21. The van der Waals surface area contributed by atoms with Crippen LogP contribution in [0.1, 0.15) is 34.1 Å².